The lowest BCUT2D eigenvalue weighted by molar-refractivity contribution is 0.0697. The van der Waals surface area contributed by atoms with E-state index in [0.717, 1.165) is 21.4 Å². The quantitative estimate of drug-likeness (QED) is 0.789. The highest BCUT2D eigenvalue weighted by atomic mass is 79.9. The molecule has 0 amide bonds. The molecule has 0 unspecified atom stereocenters. The van der Waals surface area contributed by atoms with E-state index in [2.05, 4.69) is 26.0 Å². The Morgan fingerprint density at radius 2 is 2.00 bits per heavy atom. The van der Waals surface area contributed by atoms with Crippen LogP contribution in [0.15, 0.2) is 47.2 Å². The van der Waals surface area contributed by atoms with E-state index in [0.29, 0.717) is 0 Å². The first-order valence-electron chi connectivity index (χ1n) is 5.49. The number of imidazole rings is 1. The van der Waals surface area contributed by atoms with Gasteiger partial charge in [-0.25, -0.2) is 14.3 Å². The predicted octanol–water partition coefficient (Wildman–Crippen LogP) is 2.86. The zero-order chi connectivity index (χ0) is 13.4. The Labute approximate surface area is 116 Å². The number of benzene rings is 1. The number of hydrogen-bond donors (Lipinski definition) is 1. The van der Waals surface area contributed by atoms with Gasteiger partial charge in [0.1, 0.15) is 0 Å². The number of fused-ring (bicyclic) bond motifs is 1. The summed E-state index contributed by atoms with van der Waals surface area (Å²) in [6, 6.07) is 8.46. The first-order chi connectivity index (χ1) is 9.15. The van der Waals surface area contributed by atoms with E-state index < -0.39 is 5.97 Å². The molecule has 6 heteroatoms. The molecule has 3 aromatic rings. The number of carbonyl (C=O) groups is 1. The van der Waals surface area contributed by atoms with Crippen LogP contribution in [0, 0.1) is 0 Å². The van der Waals surface area contributed by atoms with Crippen LogP contribution in [0.25, 0.3) is 16.9 Å². The number of rotatable bonds is 2. The Morgan fingerprint density at radius 3 is 2.68 bits per heavy atom. The maximum Gasteiger partial charge on any atom is 0.335 e. The zero-order valence-electron chi connectivity index (χ0n) is 9.62. The van der Waals surface area contributed by atoms with Crippen molar-refractivity contribution in [1.29, 1.82) is 0 Å². The highest BCUT2D eigenvalue weighted by Gasteiger charge is 2.08. The van der Waals surface area contributed by atoms with Crippen molar-refractivity contribution in [2.45, 2.75) is 0 Å². The van der Waals surface area contributed by atoms with Crippen molar-refractivity contribution in [2.75, 3.05) is 0 Å². The van der Waals surface area contributed by atoms with Crippen LogP contribution in [0.1, 0.15) is 10.4 Å². The van der Waals surface area contributed by atoms with Crippen LogP contribution in [0.4, 0.5) is 0 Å². The summed E-state index contributed by atoms with van der Waals surface area (Å²) in [7, 11) is 0. The third kappa shape index (κ3) is 2.10. The number of hydrogen-bond acceptors (Lipinski definition) is 3. The van der Waals surface area contributed by atoms with Crippen molar-refractivity contribution in [2.24, 2.45) is 0 Å². The Morgan fingerprint density at radius 1 is 1.26 bits per heavy atom. The molecule has 2 aromatic heterocycles. The molecule has 0 spiro atoms. The van der Waals surface area contributed by atoms with E-state index in [-0.39, 0.29) is 5.56 Å². The number of aromatic nitrogens is 3. The average molecular weight is 318 g/mol. The molecule has 0 aliphatic heterocycles. The summed E-state index contributed by atoms with van der Waals surface area (Å²) in [6.45, 7) is 0. The van der Waals surface area contributed by atoms with Crippen molar-refractivity contribution < 1.29 is 9.90 Å². The second-order valence-electron chi connectivity index (χ2n) is 3.96. The van der Waals surface area contributed by atoms with Gasteiger partial charge in [0.2, 0.25) is 0 Å². The molecule has 0 saturated heterocycles. The van der Waals surface area contributed by atoms with Crippen molar-refractivity contribution in [3.05, 3.63) is 52.8 Å². The van der Waals surface area contributed by atoms with E-state index in [1.54, 1.807) is 41.2 Å². The fourth-order valence-corrected chi connectivity index (χ4v) is 2.30. The Kier molecular flexibility index (Phi) is 2.79. The summed E-state index contributed by atoms with van der Waals surface area (Å²) in [5, 5.41) is 13.3. The molecule has 2 heterocycles. The van der Waals surface area contributed by atoms with Crippen LogP contribution < -0.4 is 0 Å². The van der Waals surface area contributed by atoms with E-state index in [1.165, 1.54) is 0 Å². The summed E-state index contributed by atoms with van der Waals surface area (Å²) >= 11 is 3.44. The van der Waals surface area contributed by atoms with Crippen LogP contribution in [-0.2, 0) is 0 Å². The first kappa shape index (κ1) is 11.9. The molecule has 1 aromatic carbocycles. The third-order valence-corrected chi connectivity index (χ3v) is 3.33. The molecule has 0 fully saturated rings. The maximum atomic E-state index is 10.8. The number of halogens is 1. The van der Waals surface area contributed by atoms with Crippen molar-refractivity contribution in [3.63, 3.8) is 0 Å². The van der Waals surface area contributed by atoms with Gasteiger partial charge in [-0.15, -0.1) is 0 Å². The molecule has 3 rings (SSSR count). The lowest BCUT2D eigenvalue weighted by Gasteiger charge is -2.04. The van der Waals surface area contributed by atoms with Gasteiger partial charge in [-0.05, 0) is 34.1 Å². The minimum absolute atomic E-state index is 0.256. The Balaban J connectivity index is 2.10. The van der Waals surface area contributed by atoms with Crippen LogP contribution in [-0.4, -0.2) is 25.7 Å². The van der Waals surface area contributed by atoms with E-state index in [1.807, 2.05) is 6.07 Å². The van der Waals surface area contributed by atoms with Crippen LogP contribution in [0.3, 0.4) is 0 Å². The molecule has 1 N–H and O–H groups in total. The van der Waals surface area contributed by atoms with Crippen molar-refractivity contribution in [3.8, 4) is 11.3 Å². The minimum Gasteiger partial charge on any atom is -0.478 e. The monoisotopic (exact) mass is 317 g/mol. The van der Waals surface area contributed by atoms with Gasteiger partial charge in [-0.2, -0.15) is 5.10 Å². The molecule has 0 saturated carbocycles. The second kappa shape index (κ2) is 4.47. The second-order valence-corrected chi connectivity index (χ2v) is 4.81. The highest BCUT2D eigenvalue weighted by Crippen LogP contribution is 2.23. The molecule has 0 bridgehead atoms. The van der Waals surface area contributed by atoms with Crippen LogP contribution in [0.5, 0.6) is 0 Å². The molecule has 0 aliphatic rings. The lowest BCUT2D eigenvalue weighted by atomic mass is 10.1. The smallest absolute Gasteiger partial charge is 0.335 e. The summed E-state index contributed by atoms with van der Waals surface area (Å²) in [5.74, 6) is -0.939. The minimum atomic E-state index is -0.939. The number of carboxylic acid groups (broad SMARTS) is 1. The zero-order valence-corrected chi connectivity index (χ0v) is 11.2. The Bertz CT molecular complexity index is 765. The van der Waals surface area contributed by atoms with Gasteiger partial charge in [0.05, 0.1) is 15.7 Å². The van der Waals surface area contributed by atoms with Crippen LogP contribution >= 0.6 is 15.9 Å². The summed E-state index contributed by atoms with van der Waals surface area (Å²) in [6.07, 6.45) is 3.43. The first-order valence-corrected chi connectivity index (χ1v) is 6.28. The maximum absolute atomic E-state index is 10.8. The molecule has 19 heavy (non-hydrogen) atoms. The molecule has 0 aliphatic carbocycles. The van der Waals surface area contributed by atoms with Crippen molar-refractivity contribution in [1.82, 2.24) is 14.6 Å². The van der Waals surface area contributed by atoms with Gasteiger partial charge in [0, 0.05) is 18.0 Å². The topological polar surface area (TPSA) is 67.5 Å². The van der Waals surface area contributed by atoms with Gasteiger partial charge >= 0.3 is 5.97 Å². The molecule has 0 radical (unpaired) electrons. The van der Waals surface area contributed by atoms with E-state index >= 15 is 0 Å². The van der Waals surface area contributed by atoms with Gasteiger partial charge in [-0.1, -0.05) is 12.1 Å². The summed E-state index contributed by atoms with van der Waals surface area (Å²) in [4.78, 5) is 15.0. The number of nitrogens with zero attached hydrogens (tertiary/aromatic N) is 3. The van der Waals surface area contributed by atoms with Gasteiger partial charge < -0.3 is 5.11 Å². The number of carboxylic acids is 1. The third-order valence-electron chi connectivity index (χ3n) is 2.74. The fourth-order valence-electron chi connectivity index (χ4n) is 1.80. The van der Waals surface area contributed by atoms with Gasteiger partial charge in [0.25, 0.3) is 0 Å². The molecular formula is C13H8BrN3O2. The summed E-state index contributed by atoms with van der Waals surface area (Å²) < 4.78 is 2.51. The standard InChI is InChI=1S/C13H8BrN3O2/c14-10-7-11(16-17-6-5-15-12(10)17)8-1-3-9(4-2-8)13(18)19/h1-7H,(H,18,19). The predicted molar refractivity (Wildman–Crippen MR) is 73.1 cm³/mol. The number of aromatic carboxylic acids is 1. The molecule has 5 nitrogen and oxygen atoms in total. The largest absolute Gasteiger partial charge is 0.478 e. The lowest BCUT2D eigenvalue weighted by Crippen LogP contribution is -1.97. The highest BCUT2D eigenvalue weighted by molar-refractivity contribution is 9.10. The molecule has 0 atom stereocenters. The molecular weight excluding hydrogens is 310 g/mol. The average Bonchev–Trinajstić information content (AvgIpc) is 2.87. The normalized spacial score (nSPS) is 10.8. The molecule has 94 valence electrons. The van der Waals surface area contributed by atoms with Gasteiger partial charge in [0.15, 0.2) is 5.65 Å². The summed E-state index contributed by atoms with van der Waals surface area (Å²) in [5.41, 5.74) is 2.59. The van der Waals surface area contributed by atoms with E-state index in [9.17, 15) is 4.79 Å². The van der Waals surface area contributed by atoms with Crippen LogP contribution in [0.2, 0.25) is 0 Å². The van der Waals surface area contributed by atoms with E-state index in [4.69, 9.17) is 5.11 Å². The van der Waals surface area contributed by atoms with Gasteiger partial charge in [-0.3, -0.25) is 0 Å². The van der Waals surface area contributed by atoms with Crippen molar-refractivity contribution >= 4 is 27.5 Å². The SMILES string of the molecule is O=C(O)c1ccc(-c2cc(Br)c3nccn3n2)cc1. The Hall–Kier alpha value is -2.21. The fraction of sp³-hybridized carbons (Fsp3) is 0.